The van der Waals surface area contributed by atoms with E-state index in [9.17, 15) is 13.2 Å². The number of hydrogen-bond acceptors (Lipinski definition) is 3. The van der Waals surface area contributed by atoms with Gasteiger partial charge in [0.25, 0.3) is 10.2 Å². The Morgan fingerprint density at radius 3 is 2.35 bits per heavy atom. The quantitative estimate of drug-likeness (QED) is 0.773. The molecule has 0 aromatic carbocycles. The van der Waals surface area contributed by atoms with Gasteiger partial charge >= 0.3 is 5.97 Å². The number of aliphatic carboxylic acids is 1. The maximum Gasteiger partial charge on any atom is 0.322 e. The molecule has 1 aliphatic heterocycles. The number of rotatable bonds is 3. The van der Waals surface area contributed by atoms with Crippen molar-refractivity contribution in [3.8, 4) is 0 Å². The second-order valence-corrected chi connectivity index (χ2v) is 7.14. The van der Waals surface area contributed by atoms with E-state index in [2.05, 4.69) is 4.72 Å². The van der Waals surface area contributed by atoms with Crippen molar-refractivity contribution >= 4 is 16.2 Å². The summed E-state index contributed by atoms with van der Waals surface area (Å²) >= 11 is 0. The van der Waals surface area contributed by atoms with Gasteiger partial charge in [0.05, 0.1) is 0 Å². The summed E-state index contributed by atoms with van der Waals surface area (Å²) in [5.74, 6) is -1.25. The molecule has 0 bridgehead atoms. The minimum absolute atomic E-state index is 0.163. The first kappa shape index (κ1) is 14.4. The lowest BCUT2D eigenvalue weighted by atomic mass is 10.0. The fourth-order valence-corrected chi connectivity index (χ4v) is 3.83. The summed E-state index contributed by atoms with van der Waals surface area (Å²) in [5, 5.41) is 9.08. The normalized spacial score (nSPS) is 27.3. The van der Waals surface area contributed by atoms with Crippen molar-refractivity contribution in [2.75, 3.05) is 6.54 Å². The zero-order valence-electron chi connectivity index (χ0n) is 10.6. The maximum atomic E-state index is 12.1. The molecule has 1 rings (SSSR count). The number of carbonyl (C=O) groups is 1. The molecule has 1 heterocycles. The van der Waals surface area contributed by atoms with Crippen LogP contribution in [0.4, 0.5) is 0 Å². The van der Waals surface area contributed by atoms with Crippen molar-refractivity contribution in [3.63, 3.8) is 0 Å². The minimum atomic E-state index is -3.74. The monoisotopic (exact) mass is 264 g/mol. The molecule has 0 aromatic heterocycles. The topological polar surface area (TPSA) is 86.7 Å². The van der Waals surface area contributed by atoms with Gasteiger partial charge < -0.3 is 5.11 Å². The molecule has 2 unspecified atom stereocenters. The molecule has 7 heteroatoms. The Morgan fingerprint density at radius 1 is 1.41 bits per heavy atom. The van der Waals surface area contributed by atoms with Gasteiger partial charge in [0.15, 0.2) is 0 Å². The van der Waals surface area contributed by atoms with Gasteiger partial charge in [-0.25, -0.2) is 0 Å². The van der Waals surface area contributed by atoms with Crippen LogP contribution in [0.3, 0.4) is 0 Å². The largest absolute Gasteiger partial charge is 0.480 e. The first-order chi connectivity index (χ1) is 7.54. The number of hydrogen-bond donors (Lipinski definition) is 2. The van der Waals surface area contributed by atoms with Crippen LogP contribution in [0.5, 0.6) is 0 Å². The van der Waals surface area contributed by atoms with Gasteiger partial charge in [0.1, 0.15) is 6.04 Å². The van der Waals surface area contributed by atoms with Gasteiger partial charge in [0.2, 0.25) is 0 Å². The Hall–Kier alpha value is -0.660. The van der Waals surface area contributed by atoms with Crippen LogP contribution in [0.1, 0.15) is 34.1 Å². The summed E-state index contributed by atoms with van der Waals surface area (Å²) < 4.78 is 27.6. The third-order valence-corrected chi connectivity index (χ3v) is 4.55. The molecular formula is C10H20N2O4S. The minimum Gasteiger partial charge on any atom is -0.480 e. The highest BCUT2D eigenvalue weighted by Crippen LogP contribution is 2.26. The Balaban J connectivity index is 2.96. The van der Waals surface area contributed by atoms with Gasteiger partial charge in [-0.2, -0.15) is 17.4 Å². The smallest absolute Gasteiger partial charge is 0.322 e. The average Bonchev–Trinajstić information content (AvgIpc) is 2.42. The van der Waals surface area contributed by atoms with Gasteiger partial charge in [-0.3, -0.25) is 4.79 Å². The van der Waals surface area contributed by atoms with E-state index < -0.39 is 27.8 Å². The molecule has 6 nitrogen and oxygen atoms in total. The van der Waals surface area contributed by atoms with Gasteiger partial charge in [-0.05, 0) is 33.1 Å². The van der Waals surface area contributed by atoms with Crippen molar-refractivity contribution in [3.05, 3.63) is 0 Å². The van der Waals surface area contributed by atoms with Crippen LogP contribution in [0.2, 0.25) is 0 Å². The average molecular weight is 264 g/mol. The molecule has 1 saturated heterocycles. The van der Waals surface area contributed by atoms with E-state index in [4.69, 9.17) is 5.11 Å². The van der Waals surface area contributed by atoms with Crippen molar-refractivity contribution in [2.24, 2.45) is 5.92 Å². The van der Waals surface area contributed by atoms with Crippen LogP contribution in [-0.4, -0.2) is 41.9 Å². The number of nitrogens with zero attached hydrogens (tertiary/aromatic N) is 1. The molecule has 2 N–H and O–H groups in total. The fraction of sp³-hybridized carbons (Fsp3) is 0.900. The van der Waals surface area contributed by atoms with E-state index >= 15 is 0 Å². The lowest BCUT2D eigenvalue weighted by Gasteiger charge is -2.28. The van der Waals surface area contributed by atoms with Gasteiger partial charge in [0, 0.05) is 12.1 Å². The molecule has 17 heavy (non-hydrogen) atoms. The number of carboxylic acid groups (broad SMARTS) is 1. The van der Waals surface area contributed by atoms with Crippen LogP contribution in [0.25, 0.3) is 0 Å². The third-order valence-electron chi connectivity index (χ3n) is 2.65. The molecule has 0 amide bonds. The third kappa shape index (κ3) is 3.40. The molecule has 1 fully saturated rings. The SMILES string of the molecule is CC1CCN(S(=O)(=O)NC(C)(C)C)C1C(=O)O. The summed E-state index contributed by atoms with van der Waals surface area (Å²) in [6, 6.07) is -0.963. The standard InChI is InChI=1S/C10H20N2O4S/c1-7-5-6-12(8(7)9(13)14)17(15,16)11-10(2,3)4/h7-8,11H,5-6H2,1-4H3,(H,13,14). The molecule has 2 atom stereocenters. The van der Waals surface area contributed by atoms with Crippen LogP contribution >= 0.6 is 0 Å². The molecule has 100 valence electrons. The van der Waals surface area contributed by atoms with Crippen LogP contribution in [0.15, 0.2) is 0 Å². The fourth-order valence-electron chi connectivity index (χ4n) is 1.99. The van der Waals surface area contributed by atoms with Crippen molar-refractivity contribution in [2.45, 2.75) is 45.7 Å². The first-order valence-corrected chi connectivity index (χ1v) is 7.02. The van der Waals surface area contributed by atoms with E-state index in [1.165, 1.54) is 0 Å². The lowest BCUT2D eigenvalue weighted by molar-refractivity contribution is -0.141. The Labute approximate surface area is 102 Å². The van der Waals surface area contributed by atoms with E-state index in [0.717, 1.165) is 4.31 Å². The van der Waals surface area contributed by atoms with E-state index in [-0.39, 0.29) is 12.5 Å². The molecule has 0 aromatic rings. The molecule has 0 spiro atoms. The highest BCUT2D eigenvalue weighted by atomic mass is 32.2. The van der Waals surface area contributed by atoms with Gasteiger partial charge in [-0.1, -0.05) is 6.92 Å². The molecule has 0 radical (unpaired) electrons. The highest BCUT2D eigenvalue weighted by Gasteiger charge is 2.44. The number of nitrogens with one attached hydrogen (secondary N) is 1. The Morgan fingerprint density at radius 2 is 1.94 bits per heavy atom. The molecule has 1 aliphatic rings. The Kier molecular flexibility index (Phi) is 3.85. The van der Waals surface area contributed by atoms with Gasteiger partial charge in [-0.15, -0.1) is 0 Å². The predicted molar refractivity (Wildman–Crippen MR) is 63.7 cm³/mol. The van der Waals surface area contributed by atoms with E-state index in [0.29, 0.717) is 6.42 Å². The zero-order chi connectivity index (χ0) is 13.4. The van der Waals surface area contributed by atoms with E-state index in [1.54, 1.807) is 27.7 Å². The van der Waals surface area contributed by atoms with E-state index in [1.807, 2.05) is 0 Å². The summed E-state index contributed by atoms with van der Waals surface area (Å²) in [7, 11) is -3.74. The lowest BCUT2D eigenvalue weighted by Crippen LogP contribution is -2.52. The Bertz CT molecular complexity index is 399. The van der Waals surface area contributed by atoms with Crippen LogP contribution in [-0.2, 0) is 15.0 Å². The predicted octanol–water partition coefficient (Wildman–Crippen LogP) is 0.414. The summed E-state index contributed by atoms with van der Waals surface area (Å²) in [5.41, 5.74) is -0.617. The summed E-state index contributed by atoms with van der Waals surface area (Å²) in [6.45, 7) is 7.18. The number of carboxylic acids is 1. The van der Waals surface area contributed by atoms with Crippen LogP contribution < -0.4 is 4.72 Å². The second kappa shape index (κ2) is 4.55. The maximum absolute atomic E-state index is 12.1. The molecule has 0 aliphatic carbocycles. The highest BCUT2D eigenvalue weighted by molar-refractivity contribution is 7.87. The zero-order valence-corrected chi connectivity index (χ0v) is 11.4. The van der Waals surface area contributed by atoms with Crippen molar-refractivity contribution in [1.29, 1.82) is 0 Å². The molecular weight excluding hydrogens is 244 g/mol. The molecule has 0 saturated carbocycles. The summed E-state index contributed by atoms with van der Waals surface area (Å²) in [4.78, 5) is 11.1. The summed E-state index contributed by atoms with van der Waals surface area (Å²) in [6.07, 6.45) is 0.571. The van der Waals surface area contributed by atoms with Crippen molar-refractivity contribution in [1.82, 2.24) is 9.03 Å². The van der Waals surface area contributed by atoms with Crippen molar-refractivity contribution < 1.29 is 18.3 Å². The first-order valence-electron chi connectivity index (χ1n) is 5.58. The second-order valence-electron chi connectivity index (χ2n) is 5.52. The van der Waals surface area contributed by atoms with Crippen LogP contribution in [0, 0.1) is 5.92 Å².